The molecule has 3 aromatic rings. The first-order chi connectivity index (χ1) is 17.0. The van der Waals surface area contributed by atoms with Crippen molar-refractivity contribution in [2.75, 3.05) is 19.5 Å². The first-order valence-electron chi connectivity index (χ1n) is 11.6. The van der Waals surface area contributed by atoms with E-state index in [1.807, 2.05) is 67.6 Å². The van der Waals surface area contributed by atoms with Gasteiger partial charge in [-0.2, -0.15) is 0 Å². The van der Waals surface area contributed by atoms with Crippen molar-refractivity contribution in [2.45, 2.75) is 39.0 Å². The summed E-state index contributed by atoms with van der Waals surface area (Å²) in [6, 6.07) is 20.6. The molecule has 0 aliphatic carbocycles. The van der Waals surface area contributed by atoms with Gasteiger partial charge in [-0.25, -0.2) is 0 Å². The van der Waals surface area contributed by atoms with Crippen molar-refractivity contribution in [1.29, 1.82) is 0 Å². The Kier molecular flexibility index (Phi) is 7.55. The summed E-state index contributed by atoms with van der Waals surface area (Å²) in [6.45, 7) is 2.78. The summed E-state index contributed by atoms with van der Waals surface area (Å²) < 4.78 is 16.5. The predicted octanol–water partition coefficient (Wildman–Crippen LogP) is 4.58. The molecule has 7 heteroatoms. The molecule has 1 aliphatic rings. The van der Waals surface area contributed by atoms with E-state index in [-0.39, 0.29) is 18.2 Å². The molecular weight excluding hydrogens is 444 g/mol. The highest BCUT2D eigenvalue weighted by atomic mass is 16.5. The molecule has 0 radical (unpaired) electrons. The smallest absolute Gasteiger partial charge is 0.264 e. The predicted molar refractivity (Wildman–Crippen MR) is 134 cm³/mol. The fourth-order valence-electron chi connectivity index (χ4n) is 4.06. The van der Waals surface area contributed by atoms with E-state index in [9.17, 15) is 9.59 Å². The fraction of sp³-hybridized carbons (Fsp3) is 0.286. The van der Waals surface area contributed by atoms with Crippen molar-refractivity contribution in [3.63, 3.8) is 0 Å². The van der Waals surface area contributed by atoms with Gasteiger partial charge in [-0.3, -0.25) is 9.59 Å². The van der Waals surface area contributed by atoms with Crippen LogP contribution in [0.5, 0.6) is 17.2 Å². The average molecular weight is 475 g/mol. The molecule has 3 aromatic carbocycles. The number of benzene rings is 3. The number of carbonyl (C=O) groups is 2. The molecule has 1 heterocycles. The van der Waals surface area contributed by atoms with Crippen LogP contribution in [0.1, 0.15) is 30.0 Å². The van der Waals surface area contributed by atoms with Crippen molar-refractivity contribution < 1.29 is 23.8 Å². The van der Waals surface area contributed by atoms with Crippen LogP contribution < -0.4 is 19.5 Å². The Labute approximate surface area is 205 Å². The number of fused-ring (bicyclic) bond motifs is 1. The number of nitrogens with one attached hydrogen (secondary N) is 1. The molecule has 1 aliphatic heterocycles. The van der Waals surface area contributed by atoms with Crippen LogP contribution in [0, 0.1) is 0 Å². The van der Waals surface area contributed by atoms with E-state index in [0.717, 1.165) is 28.2 Å². The van der Waals surface area contributed by atoms with Gasteiger partial charge in [0.25, 0.3) is 5.91 Å². The maximum Gasteiger partial charge on any atom is 0.264 e. The number of nitrogens with zero attached hydrogens (tertiary/aromatic N) is 1. The normalized spacial score (nSPS) is 15.0. The van der Waals surface area contributed by atoms with E-state index in [1.54, 1.807) is 25.2 Å². The second-order valence-electron chi connectivity index (χ2n) is 8.45. The maximum atomic E-state index is 13.2. The van der Waals surface area contributed by atoms with Crippen molar-refractivity contribution in [2.24, 2.45) is 0 Å². The largest absolute Gasteiger partial charge is 0.497 e. The number of ether oxygens (including phenoxy) is 3. The molecule has 0 aromatic heterocycles. The lowest BCUT2D eigenvalue weighted by atomic mass is 10.1. The number of carbonyl (C=O) groups excluding carboxylic acids is 2. The van der Waals surface area contributed by atoms with E-state index in [4.69, 9.17) is 14.2 Å². The Morgan fingerprint density at radius 2 is 1.60 bits per heavy atom. The fourth-order valence-corrected chi connectivity index (χ4v) is 4.06. The number of anilines is 1. The standard InChI is InChI=1S/C28H30N2O5/c1-4-25-28(32)30(17-20-7-12-24(34-3)13-8-20)18-21-16-22(9-14-26(21)35-25)29-27(31)15-19-5-10-23(33-2)11-6-19/h5-14,16,25H,4,15,17-18H2,1-3H3,(H,29,31). The van der Waals surface area contributed by atoms with E-state index >= 15 is 0 Å². The van der Waals surface area contributed by atoms with E-state index in [2.05, 4.69) is 5.32 Å². The minimum atomic E-state index is -0.551. The molecule has 35 heavy (non-hydrogen) atoms. The van der Waals surface area contributed by atoms with Gasteiger partial charge in [-0.05, 0) is 60.0 Å². The van der Waals surface area contributed by atoms with Crippen LogP contribution in [0.2, 0.25) is 0 Å². The highest BCUT2D eigenvalue weighted by Crippen LogP contribution is 2.30. The van der Waals surface area contributed by atoms with Crippen LogP contribution in [-0.2, 0) is 29.1 Å². The summed E-state index contributed by atoms with van der Waals surface area (Å²) in [5, 5.41) is 2.96. The Morgan fingerprint density at radius 1 is 0.971 bits per heavy atom. The van der Waals surface area contributed by atoms with Gasteiger partial charge in [0, 0.05) is 24.3 Å². The summed E-state index contributed by atoms with van der Waals surface area (Å²) in [7, 11) is 3.24. The van der Waals surface area contributed by atoms with Gasteiger partial charge in [0.05, 0.1) is 20.6 Å². The second kappa shape index (κ2) is 11.0. The quantitative estimate of drug-likeness (QED) is 0.517. The minimum Gasteiger partial charge on any atom is -0.497 e. The van der Waals surface area contributed by atoms with Crippen molar-refractivity contribution >= 4 is 17.5 Å². The zero-order chi connectivity index (χ0) is 24.8. The molecule has 4 rings (SSSR count). The molecule has 0 bridgehead atoms. The lowest BCUT2D eigenvalue weighted by Crippen LogP contribution is -2.38. The Hall–Kier alpha value is -4.00. The van der Waals surface area contributed by atoms with Crippen molar-refractivity contribution in [3.05, 3.63) is 83.4 Å². The molecule has 0 fully saturated rings. The van der Waals surface area contributed by atoms with Crippen molar-refractivity contribution in [1.82, 2.24) is 4.90 Å². The Balaban J connectivity index is 1.50. The second-order valence-corrected chi connectivity index (χ2v) is 8.45. The number of methoxy groups -OCH3 is 2. The van der Waals surface area contributed by atoms with Gasteiger partial charge < -0.3 is 24.4 Å². The number of amides is 2. The third kappa shape index (κ3) is 5.93. The van der Waals surface area contributed by atoms with Gasteiger partial charge in [-0.1, -0.05) is 31.2 Å². The van der Waals surface area contributed by atoms with Gasteiger partial charge in [-0.15, -0.1) is 0 Å². The molecule has 1 unspecified atom stereocenters. The Morgan fingerprint density at radius 3 is 2.20 bits per heavy atom. The van der Waals surface area contributed by atoms with E-state index in [1.165, 1.54) is 0 Å². The average Bonchev–Trinajstić information content (AvgIpc) is 3.00. The van der Waals surface area contributed by atoms with E-state index in [0.29, 0.717) is 30.9 Å². The number of rotatable bonds is 8. The van der Waals surface area contributed by atoms with Crippen LogP contribution in [0.4, 0.5) is 5.69 Å². The zero-order valence-corrected chi connectivity index (χ0v) is 20.2. The summed E-state index contributed by atoms with van der Waals surface area (Å²) >= 11 is 0. The first-order valence-corrected chi connectivity index (χ1v) is 11.6. The van der Waals surface area contributed by atoms with E-state index < -0.39 is 6.10 Å². The topological polar surface area (TPSA) is 77.1 Å². The van der Waals surface area contributed by atoms with Gasteiger partial charge in [0.1, 0.15) is 17.2 Å². The highest BCUT2D eigenvalue weighted by Gasteiger charge is 2.30. The molecule has 1 atom stereocenters. The van der Waals surface area contributed by atoms with Crippen LogP contribution in [-0.4, -0.2) is 37.0 Å². The number of hydrogen-bond acceptors (Lipinski definition) is 5. The van der Waals surface area contributed by atoms with Crippen LogP contribution >= 0.6 is 0 Å². The zero-order valence-electron chi connectivity index (χ0n) is 20.2. The van der Waals surface area contributed by atoms with Gasteiger partial charge >= 0.3 is 0 Å². The monoisotopic (exact) mass is 474 g/mol. The SMILES string of the molecule is CCC1Oc2ccc(NC(=O)Cc3ccc(OC)cc3)cc2CN(Cc2ccc(OC)cc2)C1=O. The lowest BCUT2D eigenvalue weighted by molar-refractivity contribution is -0.139. The minimum absolute atomic E-state index is 0.0513. The maximum absolute atomic E-state index is 13.2. The van der Waals surface area contributed by atoms with Gasteiger partial charge in [0.15, 0.2) is 6.10 Å². The molecule has 1 N–H and O–H groups in total. The molecule has 0 spiro atoms. The van der Waals surface area contributed by atoms with Gasteiger partial charge in [0.2, 0.25) is 5.91 Å². The van der Waals surface area contributed by atoms with Crippen LogP contribution in [0.25, 0.3) is 0 Å². The summed E-state index contributed by atoms with van der Waals surface area (Å²) in [6.07, 6.45) is 0.264. The molecule has 7 nitrogen and oxygen atoms in total. The third-order valence-electron chi connectivity index (χ3n) is 5.99. The molecule has 0 saturated heterocycles. The summed E-state index contributed by atoms with van der Waals surface area (Å²) in [4.78, 5) is 27.6. The summed E-state index contributed by atoms with van der Waals surface area (Å²) in [5.41, 5.74) is 3.41. The molecule has 2 amide bonds. The van der Waals surface area contributed by atoms with Crippen LogP contribution in [0.3, 0.4) is 0 Å². The number of hydrogen-bond donors (Lipinski definition) is 1. The van der Waals surface area contributed by atoms with Crippen molar-refractivity contribution in [3.8, 4) is 17.2 Å². The third-order valence-corrected chi connectivity index (χ3v) is 5.99. The molecule has 182 valence electrons. The van der Waals surface area contributed by atoms with Crippen LogP contribution in [0.15, 0.2) is 66.7 Å². The summed E-state index contributed by atoms with van der Waals surface area (Å²) in [5.74, 6) is 2.01. The highest BCUT2D eigenvalue weighted by molar-refractivity contribution is 5.92. The molecule has 0 saturated carbocycles. The first kappa shape index (κ1) is 24.1. The lowest BCUT2D eigenvalue weighted by Gasteiger charge is -2.23. The molecular formula is C28H30N2O5. The Bertz CT molecular complexity index is 1170.